The van der Waals surface area contributed by atoms with Crippen molar-refractivity contribution in [2.24, 2.45) is 5.10 Å². The lowest BCUT2D eigenvalue weighted by atomic mass is 9.99. The highest BCUT2D eigenvalue weighted by Crippen LogP contribution is 2.21. The highest BCUT2D eigenvalue weighted by atomic mass is 35.5. The SMILES string of the molecule is CC[C@H](C)c1ccc(OCC(=O)N/N=C\c2ccc(OCc3ccccc3Cl)cc2)cc1. The van der Waals surface area contributed by atoms with Crippen LogP contribution in [0, 0.1) is 0 Å². The topological polar surface area (TPSA) is 59.9 Å². The van der Waals surface area contributed by atoms with Crippen LogP contribution < -0.4 is 14.9 Å². The molecule has 1 N–H and O–H groups in total. The Hall–Kier alpha value is -3.31. The Labute approximate surface area is 194 Å². The number of hydrogen-bond acceptors (Lipinski definition) is 4. The number of halogens is 1. The van der Waals surface area contributed by atoms with Crippen LogP contribution in [0.2, 0.25) is 5.02 Å². The fraction of sp³-hybridized carbons (Fsp3) is 0.231. The summed E-state index contributed by atoms with van der Waals surface area (Å²) in [6, 6.07) is 22.8. The summed E-state index contributed by atoms with van der Waals surface area (Å²) in [7, 11) is 0. The van der Waals surface area contributed by atoms with E-state index in [9.17, 15) is 4.79 Å². The molecule has 6 heteroatoms. The lowest BCUT2D eigenvalue weighted by Gasteiger charge is -2.10. The van der Waals surface area contributed by atoms with Gasteiger partial charge in [0, 0.05) is 10.6 Å². The van der Waals surface area contributed by atoms with Crippen molar-refractivity contribution >= 4 is 23.7 Å². The molecule has 166 valence electrons. The number of hydrazone groups is 1. The molecule has 0 radical (unpaired) electrons. The predicted molar refractivity (Wildman–Crippen MR) is 129 cm³/mol. The van der Waals surface area contributed by atoms with Crippen molar-refractivity contribution in [1.29, 1.82) is 0 Å². The molecule has 0 aliphatic heterocycles. The van der Waals surface area contributed by atoms with E-state index in [1.54, 1.807) is 6.21 Å². The second-order valence-corrected chi connectivity index (χ2v) is 7.82. The third-order valence-electron chi connectivity index (χ3n) is 5.07. The number of carbonyl (C=O) groups excluding carboxylic acids is 1. The van der Waals surface area contributed by atoms with Gasteiger partial charge >= 0.3 is 0 Å². The Morgan fingerprint density at radius 1 is 1.00 bits per heavy atom. The van der Waals surface area contributed by atoms with Gasteiger partial charge in [-0.05, 0) is 65.9 Å². The molecule has 0 unspecified atom stereocenters. The van der Waals surface area contributed by atoms with Gasteiger partial charge in [-0.2, -0.15) is 5.10 Å². The van der Waals surface area contributed by atoms with E-state index in [0.717, 1.165) is 23.3 Å². The molecule has 0 spiro atoms. The Balaban J connectivity index is 1.41. The van der Waals surface area contributed by atoms with E-state index in [4.69, 9.17) is 21.1 Å². The minimum absolute atomic E-state index is 0.102. The highest BCUT2D eigenvalue weighted by molar-refractivity contribution is 6.31. The summed E-state index contributed by atoms with van der Waals surface area (Å²) in [5.41, 5.74) is 5.48. The maximum absolute atomic E-state index is 11.9. The van der Waals surface area contributed by atoms with Gasteiger partial charge in [0.05, 0.1) is 6.21 Å². The molecule has 0 aromatic heterocycles. The summed E-state index contributed by atoms with van der Waals surface area (Å²) < 4.78 is 11.3. The smallest absolute Gasteiger partial charge is 0.277 e. The average molecular weight is 451 g/mol. The molecule has 1 amide bonds. The molecule has 3 aromatic rings. The van der Waals surface area contributed by atoms with Crippen molar-refractivity contribution in [2.45, 2.75) is 32.8 Å². The number of nitrogens with zero attached hydrogens (tertiary/aromatic N) is 1. The van der Waals surface area contributed by atoms with E-state index < -0.39 is 0 Å². The molecule has 0 aliphatic carbocycles. The molecule has 0 heterocycles. The number of hydrogen-bond donors (Lipinski definition) is 1. The normalized spacial score (nSPS) is 11.8. The third kappa shape index (κ3) is 7.13. The minimum atomic E-state index is -0.327. The second kappa shape index (κ2) is 11.9. The van der Waals surface area contributed by atoms with E-state index in [2.05, 4.69) is 24.4 Å². The molecule has 0 aliphatic rings. The van der Waals surface area contributed by atoms with Gasteiger partial charge in [0.2, 0.25) is 0 Å². The van der Waals surface area contributed by atoms with Gasteiger partial charge in [-0.3, -0.25) is 4.79 Å². The quantitative estimate of drug-likeness (QED) is 0.306. The van der Waals surface area contributed by atoms with E-state index >= 15 is 0 Å². The first-order valence-electron chi connectivity index (χ1n) is 10.6. The summed E-state index contributed by atoms with van der Waals surface area (Å²) in [5, 5.41) is 4.65. The van der Waals surface area contributed by atoms with Crippen molar-refractivity contribution in [3.05, 3.63) is 94.5 Å². The van der Waals surface area contributed by atoms with Crippen molar-refractivity contribution in [3.63, 3.8) is 0 Å². The van der Waals surface area contributed by atoms with Crippen molar-refractivity contribution in [3.8, 4) is 11.5 Å². The highest BCUT2D eigenvalue weighted by Gasteiger charge is 2.05. The van der Waals surface area contributed by atoms with Gasteiger partial charge in [0.15, 0.2) is 6.61 Å². The molecule has 0 fully saturated rings. The van der Waals surface area contributed by atoms with Crippen LogP contribution in [0.3, 0.4) is 0 Å². The maximum Gasteiger partial charge on any atom is 0.277 e. The fourth-order valence-electron chi connectivity index (χ4n) is 2.91. The van der Waals surface area contributed by atoms with Crippen molar-refractivity contribution in [1.82, 2.24) is 5.43 Å². The first-order chi connectivity index (χ1) is 15.5. The summed E-state index contributed by atoms with van der Waals surface area (Å²) in [6.45, 7) is 4.63. The minimum Gasteiger partial charge on any atom is -0.489 e. The first kappa shape index (κ1) is 23.4. The van der Waals surface area contributed by atoms with Gasteiger partial charge in [-0.1, -0.05) is 55.8 Å². The summed E-state index contributed by atoms with van der Waals surface area (Å²) in [5.74, 6) is 1.55. The summed E-state index contributed by atoms with van der Waals surface area (Å²) >= 11 is 6.14. The first-order valence-corrected chi connectivity index (χ1v) is 10.9. The monoisotopic (exact) mass is 450 g/mol. The molecule has 0 bridgehead atoms. The van der Waals surface area contributed by atoms with Crippen LogP contribution in [0.5, 0.6) is 11.5 Å². The van der Waals surface area contributed by atoms with Gasteiger partial charge in [-0.15, -0.1) is 0 Å². The zero-order valence-electron chi connectivity index (χ0n) is 18.3. The van der Waals surface area contributed by atoms with Crippen LogP contribution in [-0.4, -0.2) is 18.7 Å². The third-order valence-corrected chi connectivity index (χ3v) is 5.44. The Morgan fingerprint density at radius 2 is 1.66 bits per heavy atom. The van der Waals surface area contributed by atoms with E-state index in [-0.39, 0.29) is 12.5 Å². The zero-order valence-corrected chi connectivity index (χ0v) is 19.0. The van der Waals surface area contributed by atoms with Crippen molar-refractivity contribution < 1.29 is 14.3 Å². The average Bonchev–Trinajstić information content (AvgIpc) is 2.83. The molecule has 0 saturated carbocycles. The summed E-state index contributed by atoms with van der Waals surface area (Å²) in [4.78, 5) is 11.9. The Bertz CT molecular complexity index is 1030. The fourth-order valence-corrected chi connectivity index (χ4v) is 3.11. The Kier molecular flexibility index (Phi) is 8.70. The molecule has 5 nitrogen and oxygen atoms in total. The Morgan fingerprint density at radius 3 is 2.34 bits per heavy atom. The van der Waals surface area contributed by atoms with Gasteiger partial charge in [0.1, 0.15) is 18.1 Å². The van der Waals surface area contributed by atoms with Crippen LogP contribution in [0.1, 0.15) is 42.9 Å². The van der Waals surface area contributed by atoms with Crippen molar-refractivity contribution in [2.75, 3.05) is 6.61 Å². The zero-order chi connectivity index (χ0) is 22.8. The number of ether oxygens (including phenoxy) is 2. The van der Waals surface area contributed by atoms with Gasteiger partial charge in [-0.25, -0.2) is 5.43 Å². The number of benzene rings is 3. The molecule has 32 heavy (non-hydrogen) atoms. The van der Waals surface area contributed by atoms with Crippen LogP contribution >= 0.6 is 11.6 Å². The standard InChI is InChI=1S/C26H27ClN2O3/c1-3-19(2)21-10-14-24(15-11-21)32-18-26(30)29-28-16-20-8-12-23(13-9-20)31-17-22-6-4-5-7-25(22)27/h4-16,19H,3,17-18H2,1-2H3,(H,29,30)/b28-16-/t19-/m0/s1. The lowest BCUT2D eigenvalue weighted by molar-refractivity contribution is -0.123. The van der Waals surface area contributed by atoms with E-state index in [1.807, 2.05) is 72.8 Å². The van der Waals surface area contributed by atoms with Crippen LogP contribution in [-0.2, 0) is 11.4 Å². The number of amides is 1. The van der Waals surface area contributed by atoms with Gasteiger partial charge < -0.3 is 9.47 Å². The predicted octanol–water partition coefficient (Wildman–Crippen LogP) is 5.96. The molecule has 1 atom stereocenters. The molecular weight excluding hydrogens is 424 g/mol. The van der Waals surface area contributed by atoms with E-state index in [1.165, 1.54) is 5.56 Å². The largest absolute Gasteiger partial charge is 0.489 e. The second-order valence-electron chi connectivity index (χ2n) is 7.41. The number of nitrogens with one attached hydrogen (secondary N) is 1. The molecule has 3 aromatic carbocycles. The summed E-state index contributed by atoms with van der Waals surface area (Å²) in [6.07, 6.45) is 2.65. The van der Waals surface area contributed by atoms with Crippen LogP contribution in [0.25, 0.3) is 0 Å². The van der Waals surface area contributed by atoms with Crippen LogP contribution in [0.15, 0.2) is 77.9 Å². The van der Waals surface area contributed by atoms with Gasteiger partial charge in [0.25, 0.3) is 5.91 Å². The van der Waals surface area contributed by atoms with Crippen LogP contribution in [0.4, 0.5) is 0 Å². The molecule has 3 rings (SSSR count). The molecule has 0 saturated heterocycles. The number of rotatable bonds is 10. The molecular formula is C26H27ClN2O3. The maximum atomic E-state index is 11.9. The number of carbonyl (C=O) groups is 1. The van der Waals surface area contributed by atoms with E-state index in [0.29, 0.717) is 23.3 Å². The lowest BCUT2D eigenvalue weighted by Crippen LogP contribution is -2.24.